The summed E-state index contributed by atoms with van der Waals surface area (Å²) in [5.41, 5.74) is 0.791. The van der Waals surface area contributed by atoms with E-state index in [2.05, 4.69) is 10.6 Å². The van der Waals surface area contributed by atoms with Crippen molar-refractivity contribution in [3.05, 3.63) is 42.2 Å². The molecule has 116 valence electrons. The van der Waals surface area contributed by atoms with Crippen LogP contribution in [0.5, 0.6) is 0 Å². The summed E-state index contributed by atoms with van der Waals surface area (Å²) in [7, 11) is 0. The van der Waals surface area contributed by atoms with Gasteiger partial charge in [-0.05, 0) is 18.2 Å². The van der Waals surface area contributed by atoms with Gasteiger partial charge in [-0.1, -0.05) is 32.0 Å². The summed E-state index contributed by atoms with van der Waals surface area (Å²) in [6.07, 6.45) is 3.05. The molecule has 0 aliphatic rings. The molecule has 2 N–H and O–H groups in total. The van der Waals surface area contributed by atoms with Crippen molar-refractivity contribution in [2.24, 2.45) is 5.92 Å². The van der Waals surface area contributed by atoms with Gasteiger partial charge >= 0.3 is 0 Å². The normalized spacial score (nSPS) is 11.2. The zero-order valence-electron chi connectivity index (χ0n) is 12.8. The number of para-hydroxylation sites is 1. The lowest BCUT2D eigenvalue weighted by Crippen LogP contribution is -2.35. The smallest absolute Gasteiger partial charge is 0.244 e. The van der Waals surface area contributed by atoms with E-state index in [1.165, 1.54) is 6.08 Å². The predicted octanol–water partition coefficient (Wildman–Crippen LogP) is 2.33. The summed E-state index contributed by atoms with van der Waals surface area (Å²) in [4.78, 5) is 23.0. The van der Waals surface area contributed by atoms with Gasteiger partial charge in [0.1, 0.15) is 11.3 Å². The minimum absolute atomic E-state index is 0.0212. The Labute approximate surface area is 129 Å². The van der Waals surface area contributed by atoms with E-state index in [0.29, 0.717) is 18.8 Å². The molecule has 1 aromatic carbocycles. The number of hydrogen-bond donors (Lipinski definition) is 2. The van der Waals surface area contributed by atoms with Crippen molar-refractivity contribution in [1.29, 1.82) is 0 Å². The van der Waals surface area contributed by atoms with Gasteiger partial charge in [0.05, 0.1) is 0 Å². The molecule has 0 bridgehead atoms. The zero-order chi connectivity index (χ0) is 15.9. The highest BCUT2D eigenvalue weighted by molar-refractivity contribution is 5.92. The Balaban J connectivity index is 1.78. The summed E-state index contributed by atoms with van der Waals surface area (Å²) in [6, 6.07) is 9.54. The van der Waals surface area contributed by atoms with E-state index in [1.807, 2.05) is 44.2 Å². The number of furan rings is 1. The molecule has 2 amide bonds. The monoisotopic (exact) mass is 300 g/mol. The zero-order valence-corrected chi connectivity index (χ0v) is 12.8. The molecule has 2 rings (SSSR count). The molecule has 2 aromatic rings. The molecule has 1 aromatic heterocycles. The van der Waals surface area contributed by atoms with Gasteiger partial charge in [0, 0.05) is 30.5 Å². The van der Waals surface area contributed by atoms with E-state index in [-0.39, 0.29) is 17.7 Å². The summed E-state index contributed by atoms with van der Waals surface area (Å²) < 4.78 is 5.58. The van der Waals surface area contributed by atoms with E-state index in [9.17, 15) is 9.59 Å². The second-order valence-electron chi connectivity index (χ2n) is 5.26. The van der Waals surface area contributed by atoms with Crippen LogP contribution in [0.15, 0.2) is 40.8 Å². The van der Waals surface area contributed by atoms with Gasteiger partial charge in [0.2, 0.25) is 11.8 Å². The molecule has 0 saturated heterocycles. The highest BCUT2D eigenvalue weighted by Crippen LogP contribution is 2.19. The average molecular weight is 300 g/mol. The fourth-order valence-corrected chi connectivity index (χ4v) is 1.88. The highest BCUT2D eigenvalue weighted by Gasteiger charge is 2.05. The minimum atomic E-state index is -0.223. The molecule has 0 aliphatic carbocycles. The molecule has 22 heavy (non-hydrogen) atoms. The Morgan fingerprint density at radius 1 is 1.18 bits per heavy atom. The lowest BCUT2D eigenvalue weighted by atomic mass is 10.2. The molecule has 0 aliphatic heterocycles. The topological polar surface area (TPSA) is 71.3 Å². The third-order valence-electron chi connectivity index (χ3n) is 3.09. The van der Waals surface area contributed by atoms with Gasteiger partial charge in [0.15, 0.2) is 0 Å². The molecule has 0 saturated carbocycles. The van der Waals surface area contributed by atoms with E-state index in [0.717, 1.165) is 11.0 Å². The average Bonchev–Trinajstić information content (AvgIpc) is 2.92. The Hall–Kier alpha value is -2.56. The van der Waals surface area contributed by atoms with E-state index in [1.54, 1.807) is 6.08 Å². The van der Waals surface area contributed by atoms with Crippen molar-refractivity contribution in [3.8, 4) is 0 Å². The number of benzene rings is 1. The Morgan fingerprint density at radius 2 is 1.91 bits per heavy atom. The number of carbonyl (C=O) groups is 2. The summed E-state index contributed by atoms with van der Waals surface area (Å²) >= 11 is 0. The van der Waals surface area contributed by atoms with Gasteiger partial charge in [0.25, 0.3) is 0 Å². The lowest BCUT2D eigenvalue weighted by Gasteiger charge is -2.07. The maximum absolute atomic E-state index is 11.7. The number of fused-ring (bicyclic) bond motifs is 1. The summed E-state index contributed by atoms with van der Waals surface area (Å²) in [5, 5.41) is 6.43. The maximum Gasteiger partial charge on any atom is 0.244 e. The fourth-order valence-electron chi connectivity index (χ4n) is 1.88. The van der Waals surface area contributed by atoms with Crippen molar-refractivity contribution >= 4 is 28.9 Å². The second kappa shape index (κ2) is 7.45. The van der Waals surface area contributed by atoms with Gasteiger partial charge in [-0.3, -0.25) is 9.59 Å². The van der Waals surface area contributed by atoms with Crippen molar-refractivity contribution < 1.29 is 14.0 Å². The molecule has 1 heterocycles. The van der Waals surface area contributed by atoms with E-state index < -0.39 is 0 Å². The van der Waals surface area contributed by atoms with Crippen molar-refractivity contribution in [3.63, 3.8) is 0 Å². The van der Waals surface area contributed by atoms with Crippen molar-refractivity contribution in [2.45, 2.75) is 13.8 Å². The van der Waals surface area contributed by atoms with Gasteiger partial charge < -0.3 is 15.1 Å². The molecular formula is C17H20N2O3. The second-order valence-corrected chi connectivity index (χ2v) is 5.26. The number of amides is 2. The predicted molar refractivity (Wildman–Crippen MR) is 86.1 cm³/mol. The molecule has 0 radical (unpaired) electrons. The summed E-state index contributed by atoms with van der Waals surface area (Å²) in [6.45, 7) is 4.46. The van der Waals surface area contributed by atoms with Gasteiger partial charge in [-0.25, -0.2) is 0 Å². The first-order chi connectivity index (χ1) is 10.6. The molecular weight excluding hydrogens is 280 g/mol. The Morgan fingerprint density at radius 3 is 2.64 bits per heavy atom. The van der Waals surface area contributed by atoms with Crippen molar-refractivity contribution in [1.82, 2.24) is 10.6 Å². The fraction of sp³-hybridized carbons (Fsp3) is 0.294. The largest absolute Gasteiger partial charge is 0.457 e. The molecule has 5 nitrogen and oxygen atoms in total. The molecule has 0 unspecified atom stereocenters. The van der Waals surface area contributed by atoms with Crippen LogP contribution >= 0.6 is 0 Å². The van der Waals surface area contributed by atoms with Crippen LogP contribution in [0.4, 0.5) is 0 Å². The summed E-state index contributed by atoms with van der Waals surface area (Å²) in [5.74, 6) is 0.333. The number of hydrogen-bond acceptors (Lipinski definition) is 3. The van der Waals surface area contributed by atoms with E-state index in [4.69, 9.17) is 4.42 Å². The first-order valence-electron chi connectivity index (χ1n) is 7.28. The van der Waals surface area contributed by atoms with Gasteiger partial charge in [-0.2, -0.15) is 0 Å². The number of rotatable bonds is 6. The molecule has 5 heteroatoms. The van der Waals surface area contributed by atoms with Crippen LogP contribution in [0.3, 0.4) is 0 Å². The van der Waals surface area contributed by atoms with Crippen LogP contribution < -0.4 is 10.6 Å². The number of nitrogens with one attached hydrogen (secondary N) is 2. The quantitative estimate of drug-likeness (QED) is 0.635. The van der Waals surface area contributed by atoms with Crippen LogP contribution in [-0.2, 0) is 9.59 Å². The molecule has 0 spiro atoms. The Bertz CT molecular complexity index is 653. The van der Waals surface area contributed by atoms with Crippen molar-refractivity contribution in [2.75, 3.05) is 13.1 Å². The van der Waals surface area contributed by atoms with Gasteiger partial charge in [-0.15, -0.1) is 0 Å². The first kappa shape index (κ1) is 15.8. The van der Waals surface area contributed by atoms with Crippen LogP contribution in [0.2, 0.25) is 0 Å². The van der Waals surface area contributed by atoms with Crippen LogP contribution in [-0.4, -0.2) is 24.9 Å². The maximum atomic E-state index is 11.7. The van der Waals surface area contributed by atoms with Crippen LogP contribution in [0.1, 0.15) is 19.6 Å². The third kappa shape index (κ3) is 4.48. The standard InChI is InChI=1S/C17H20N2O3/c1-12(2)17(21)19-10-9-18-16(20)8-7-14-11-13-5-3-4-6-15(13)22-14/h3-8,11-12H,9-10H2,1-2H3,(H,18,20)(H,19,21)/b8-7+. The minimum Gasteiger partial charge on any atom is -0.457 e. The third-order valence-corrected chi connectivity index (χ3v) is 3.09. The first-order valence-corrected chi connectivity index (χ1v) is 7.28. The SMILES string of the molecule is CC(C)C(=O)NCCNC(=O)/C=C/c1cc2ccccc2o1. The molecule has 0 atom stereocenters. The van der Waals surface area contributed by atoms with Crippen LogP contribution in [0, 0.1) is 5.92 Å². The van der Waals surface area contributed by atoms with E-state index >= 15 is 0 Å². The number of carbonyl (C=O) groups excluding carboxylic acids is 2. The lowest BCUT2D eigenvalue weighted by molar-refractivity contribution is -0.124. The Kier molecular flexibility index (Phi) is 5.36. The highest BCUT2D eigenvalue weighted by atomic mass is 16.3. The molecule has 0 fully saturated rings. The van der Waals surface area contributed by atoms with Crippen LogP contribution in [0.25, 0.3) is 17.0 Å².